The number of hydrogen-bond donors (Lipinski definition) is 1. The van der Waals surface area contributed by atoms with Crippen molar-refractivity contribution >= 4 is 17.2 Å². The van der Waals surface area contributed by atoms with Crippen LogP contribution in [-0.4, -0.2) is 80.5 Å². The molecule has 1 amide bonds. The lowest BCUT2D eigenvalue weighted by molar-refractivity contribution is -0.136. The smallest absolute Gasteiger partial charge is 0.237 e. The topological polar surface area (TPSA) is 71.5 Å². The third-order valence-electron chi connectivity index (χ3n) is 5.59. The van der Waals surface area contributed by atoms with Gasteiger partial charge in [0.05, 0.1) is 32.4 Å². The number of aliphatic hydroxyl groups is 1. The van der Waals surface area contributed by atoms with E-state index in [2.05, 4.69) is 18.4 Å². The van der Waals surface area contributed by atoms with Crippen LogP contribution < -0.4 is 9.47 Å². The molecule has 0 saturated carbocycles. The lowest BCUT2D eigenvalue weighted by atomic mass is 10.0. The molecule has 0 saturated heterocycles. The van der Waals surface area contributed by atoms with Crippen LogP contribution in [0, 0.1) is 0 Å². The molecule has 2 aromatic rings. The van der Waals surface area contributed by atoms with E-state index < -0.39 is 6.10 Å². The maximum absolute atomic E-state index is 13.4. The molecule has 1 aliphatic heterocycles. The van der Waals surface area contributed by atoms with Crippen LogP contribution in [0.4, 0.5) is 0 Å². The lowest BCUT2D eigenvalue weighted by Gasteiger charge is -2.37. The highest BCUT2D eigenvalue weighted by molar-refractivity contribution is 7.10. The van der Waals surface area contributed by atoms with E-state index in [1.54, 1.807) is 25.6 Å². The number of nitrogens with zero attached hydrogens (tertiary/aromatic N) is 2. The fourth-order valence-corrected chi connectivity index (χ4v) is 5.05. The Bertz CT molecular complexity index is 858. The molecule has 7 nitrogen and oxygen atoms in total. The molecule has 0 spiro atoms. The molecular weight excluding hydrogens is 428 g/mol. The zero-order chi connectivity index (χ0) is 22.9. The number of benzene rings is 1. The van der Waals surface area contributed by atoms with Crippen LogP contribution in [0.3, 0.4) is 0 Å². The number of aliphatic hydroxyl groups excluding tert-OH is 1. The highest BCUT2D eigenvalue weighted by Crippen LogP contribution is 2.34. The van der Waals surface area contributed by atoms with Gasteiger partial charge in [0.25, 0.3) is 0 Å². The van der Waals surface area contributed by atoms with Gasteiger partial charge in [0, 0.05) is 31.1 Å². The van der Waals surface area contributed by atoms with E-state index in [1.165, 1.54) is 10.4 Å². The Hall–Kier alpha value is -2.13. The summed E-state index contributed by atoms with van der Waals surface area (Å²) in [6.07, 6.45) is 1.15. The summed E-state index contributed by atoms with van der Waals surface area (Å²) in [4.78, 5) is 18.6. The van der Waals surface area contributed by atoms with Crippen molar-refractivity contribution in [1.29, 1.82) is 0 Å². The molecule has 1 aromatic carbocycles. The number of methoxy groups -OCH3 is 2. The van der Waals surface area contributed by atoms with Crippen LogP contribution in [0.15, 0.2) is 35.7 Å². The summed E-state index contributed by atoms with van der Waals surface area (Å²) in [6, 6.07) is 9.47. The molecule has 3 rings (SSSR count). The van der Waals surface area contributed by atoms with E-state index in [9.17, 15) is 9.90 Å². The molecule has 0 unspecified atom stereocenters. The maximum atomic E-state index is 13.4. The van der Waals surface area contributed by atoms with Gasteiger partial charge < -0.3 is 24.2 Å². The quantitative estimate of drug-likeness (QED) is 0.523. The second-order valence-corrected chi connectivity index (χ2v) is 8.99. The average Bonchev–Trinajstić information content (AvgIpc) is 3.27. The van der Waals surface area contributed by atoms with Gasteiger partial charge in [0.15, 0.2) is 0 Å². The standard InChI is InChI=1S/C24H34N2O5S/c1-4-10-25(14-18(27)16-29-2)15-24(28)26-11-8-23-21(9-12-32-23)22(26)17-31-20-7-5-6-19(13-20)30-3/h5-7,9,12-13,18,22,27H,4,8,10-11,14-17H2,1-3H3/t18-,22-/m1/s1. The fraction of sp³-hybridized carbons (Fsp3) is 0.542. The summed E-state index contributed by atoms with van der Waals surface area (Å²) in [5.74, 6) is 1.51. The molecule has 0 radical (unpaired) electrons. The molecule has 1 N–H and O–H groups in total. The van der Waals surface area contributed by atoms with Gasteiger partial charge in [-0.05, 0) is 48.5 Å². The zero-order valence-corrected chi connectivity index (χ0v) is 20.0. The Kier molecular flexibility index (Phi) is 9.35. The third-order valence-corrected chi connectivity index (χ3v) is 6.59. The Labute approximate surface area is 194 Å². The van der Waals surface area contributed by atoms with Gasteiger partial charge in [-0.3, -0.25) is 9.69 Å². The van der Waals surface area contributed by atoms with Crippen molar-refractivity contribution in [1.82, 2.24) is 9.80 Å². The summed E-state index contributed by atoms with van der Waals surface area (Å²) >= 11 is 1.74. The predicted octanol–water partition coefficient (Wildman–Crippen LogP) is 2.98. The van der Waals surface area contributed by atoms with Crippen molar-refractivity contribution < 1.29 is 24.1 Å². The summed E-state index contributed by atoms with van der Waals surface area (Å²) in [6.45, 7) is 4.80. The van der Waals surface area contributed by atoms with E-state index in [-0.39, 0.29) is 25.1 Å². The van der Waals surface area contributed by atoms with E-state index in [0.29, 0.717) is 19.7 Å². The van der Waals surface area contributed by atoms with Gasteiger partial charge in [-0.25, -0.2) is 0 Å². The summed E-state index contributed by atoms with van der Waals surface area (Å²) in [5, 5.41) is 12.2. The van der Waals surface area contributed by atoms with Gasteiger partial charge in [-0.15, -0.1) is 11.3 Å². The van der Waals surface area contributed by atoms with Crippen LogP contribution in [0.5, 0.6) is 11.5 Å². The van der Waals surface area contributed by atoms with Crippen LogP contribution in [-0.2, 0) is 16.0 Å². The second-order valence-electron chi connectivity index (χ2n) is 7.99. The molecule has 0 bridgehead atoms. The minimum absolute atomic E-state index is 0.0548. The van der Waals surface area contributed by atoms with Crippen LogP contribution in [0.1, 0.15) is 29.8 Å². The normalized spacial score (nSPS) is 16.7. The van der Waals surface area contributed by atoms with E-state index in [1.807, 2.05) is 34.1 Å². The number of carbonyl (C=O) groups excluding carboxylic acids is 1. The van der Waals surface area contributed by atoms with Gasteiger partial charge in [-0.1, -0.05) is 13.0 Å². The Morgan fingerprint density at radius 3 is 2.88 bits per heavy atom. The van der Waals surface area contributed by atoms with Crippen molar-refractivity contribution in [2.45, 2.75) is 31.9 Å². The van der Waals surface area contributed by atoms with Crippen molar-refractivity contribution in [3.8, 4) is 11.5 Å². The zero-order valence-electron chi connectivity index (χ0n) is 19.2. The molecule has 32 heavy (non-hydrogen) atoms. The molecule has 2 atom stereocenters. The molecule has 176 valence electrons. The van der Waals surface area contributed by atoms with Crippen LogP contribution in [0.2, 0.25) is 0 Å². The predicted molar refractivity (Wildman–Crippen MR) is 126 cm³/mol. The van der Waals surface area contributed by atoms with Crippen molar-refractivity contribution in [2.75, 3.05) is 53.6 Å². The minimum Gasteiger partial charge on any atom is -0.497 e. The number of fused-ring (bicyclic) bond motifs is 1. The number of rotatable bonds is 12. The summed E-state index contributed by atoms with van der Waals surface area (Å²) in [7, 11) is 3.20. The van der Waals surface area contributed by atoms with Crippen molar-refractivity contribution in [3.05, 3.63) is 46.2 Å². The van der Waals surface area contributed by atoms with E-state index in [4.69, 9.17) is 14.2 Å². The average molecular weight is 463 g/mol. The first-order valence-corrected chi connectivity index (χ1v) is 12.0. The first-order chi connectivity index (χ1) is 15.5. The molecule has 1 aliphatic rings. The molecule has 0 aliphatic carbocycles. The Morgan fingerprint density at radius 1 is 1.31 bits per heavy atom. The number of carbonyl (C=O) groups is 1. The Morgan fingerprint density at radius 2 is 2.12 bits per heavy atom. The molecule has 8 heteroatoms. The van der Waals surface area contributed by atoms with Crippen LogP contribution >= 0.6 is 11.3 Å². The van der Waals surface area contributed by atoms with Crippen LogP contribution in [0.25, 0.3) is 0 Å². The molecule has 0 fully saturated rings. The highest BCUT2D eigenvalue weighted by atomic mass is 32.1. The number of amides is 1. The van der Waals surface area contributed by atoms with Gasteiger partial charge in [-0.2, -0.15) is 0 Å². The highest BCUT2D eigenvalue weighted by Gasteiger charge is 2.33. The first-order valence-electron chi connectivity index (χ1n) is 11.1. The number of ether oxygens (including phenoxy) is 3. The molecular formula is C24H34N2O5S. The number of hydrogen-bond acceptors (Lipinski definition) is 7. The molecule has 2 heterocycles. The summed E-state index contributed by atoms with van der Waals surface area (Å²) < 4.78 is 16.4. The largest absolute Gasteiger partial charge is 0.497 e. The lowest BCUT2D eigenvalue weighted by Crippen LogP contribution is -2.48. The van der Waals surface area contributed by atoms with Crippen molar-refractivity contribution in [3.63, 3.8) is 0 Å². The Balaban J connectivity index is 1.71. The van der Waals surface area contributed by atoms with Crippen molar-refractivity contribution in [2.24, 2.45) is 0 Å². The summed E-state index contributed by atoms with van der Waals surface area (Å²) in [5.41, 5.74) is 1.17. The maximum Gasteiger partial charge on any atom is 0.237 e. The second kappa shape index (κ2) is 12.2. The van der Waals surface area contributed by atoms with Gasteiger partial charge in [0.2, 0.25) is 5.91 Å². The third kappa shape index (κ3) is 6.45. The minimum atomic E-state index is -0.614. The fourth-order valence-electron chi connectivity index (χ4n) is 4.12. The SMILES string of the molecule is CCCN(CC(=O)N1CCc2sccc2[C@H]1COc1cccc(OC)c1)C[C@@H](O)COC. The van der Waals surface area contributed by atoms with E-state index >= 15 is 0 Å². The first kappa shape index (κ1) is 24.5. The molecule has 1 aromatic heterocycles. The number of thiophene rings is 1. The van der Waals surface area contributed by atoms with Gasteiger partial charge >= 0.3 is 0 Å². The van der Waals surface area contributed by atoms with E-state index in [0.717, 1.165) is 30.9 Å². The monoisotopic (exact) mass is 462 g/mol. The van der Waals surface area contributed by atoms with Gasteiger partial charge in [0.1, 0.15) is 18.1 Å².